The first-order valence-corrected chi connectivity index (χ1v) is 10.4. The van der Waals surface area contributed by atoms with Crippen LogP contribution in [0.15, 0.2) is 34.2 Å². The van der Waals surface area contributed by atoms with E-state index in [-0.39, 0.29) is 17.7 Å². The highest BCUT2D eigenvalue weighted by Gasteiger charge is 2.28. The summed E-state index contributed by atoms with van der Waals surface area (Å²) in [4.78, 5) is 19.3. The predicted octanol–water partition coefficient (Wildman–Crippen LogP) is 5.24. The molecule has 9 heteroatoms. The maximum Gasteiger partial charge on any atom is 0.282 e. The van der Waals surface area contributed by atoms with Gasteiger partial charge in [-0.3, -0.25) is 9.69 Å². The van der Waals surface area contributed by atoms with Crippen molar-refractivity contribution in [3.8, 4) is 11.3 Å². The molecule has 1 aliphatic rings. The van der Waals surface area contributed by atoms with Crippen LogP contribution < -0.4 is 4.90 Å². The lowest BCUT2D eigenvalue weighted by atomic mass is 10.2. The van der Waals surface area contributed by atoms with E-state index in [0.717, 1.165) is 18.4 Å². The molecule has 0 N–H and O–H groups in total. The molecule has 1 aromatic carbocycles. The van der Waals surface area contributed by atoms with Crippen LogP contribution in [0.4, 0.5) is 5.13 Å². The Balaban J connectivity index is 1.66. The lowest BCUT2D eigenvalue weighted by Crippen LogP contribution is -2.37. The van der Waals surface area contributed by atoms with Gasteiger partial charge in [-0.1, -0.05) is 28.4 Å². The van der Waals surface area contributed by atoms with Crippen molar-refractivity contribution in [2.45, 2.75) is 25.9 Å². The lowest BCUT2D eigenvalue weighted by Gasteiger charge is -2.22. The third-order valence-corrected chi connectivity index (χ3v) is 5.84. The summed E-state index contributed by atoms with van der Waals surface area (Å²) < 4.78 is 10.8. The van der Waals surface area contributed by atoms with Crippen molar-refractivity contribution in [1.29, 1.82) is 0 Å². The maximum atomic E-state index is 13.1. The van der Waals surface area contributed by atoms with E-state index in [4.69, 9.17) is 32.5 Å². The predicted molar refractivity (Wildman–Crippen MR) is 109 cm³/mol. The Labute approximate surface area is 176 Å². The Morgan fingerprint density at radius 2 is 2.21 bits per heavy atom. The quantitative estimate of drug-likeness (QED) is 0.545. The van der Waals surface area contributed by atoms with Gasteiger partial charge >= 0.3 is 0 Å². The number of carbonyl (C=O) groups excluding carboxylic acids is 1. The first-order chi connectivity index (χ1) is 13.5. The Morgan fingerprint density at radius 3 is 2.89 bits per heavy atom. The molecular formula is C19H17Cl2N3O3S. The zero-order valence-electron chi connectivity index (χ0n) is 15.0. The zero-order valence-corrected chi connectivity index (χ0v) is 17.4. The molecule has 1 fully saturated rings. The molecule has 2 aromatic heterocycles. The van der Waals surface area contributed by atoms with Gasteiger partial charge in [0.25, 0.3) is 5.91 Å². The van der Waals surface area contributed by atoms with Crippen LogP contribution in [-0.4, -0.2) is 35.3 Å². The zero-order chi connectivity index (χ0) is 19.7. The Morgan fingerprint density at radius 1 is 1.36 bits per heavy atom. The van der Waals surface area contributed by atoms with Gasteiger partial charge in [-0.15, -0.1) is 11.3 Å². The number of rotatable bonds is 5. The lowest BCUT2D eigenvalue weighted by molar-refractivity contribution is 0.0910. The van der Waals surface area contributed by atoms with Crippen LogP contribution in [0, 0.1) is 6.92 Å². The Hall–Kier alpha value is -1.93. The van der Waals surface area contributed by atoms with Gasteiger partial charge in [-0.2, -0.15) is 0 Å². The van der Waals surface area contributed by atoms with Crippen LogP contribution in [-0.2, 0) is 4.74 Å². The molecule has 3 heterocycles. The van der Waals surface area contributed by atoms with Crippen LogP contribution in [0.3, 0.4) is 0 Å². The molecule has 6 nitrogen and oxygen atoms in total. The SMILES string of the molecule is Cc1cc(C(=O)N(CC2CCCO2)c2nc(-c3ccc(Cl)cc3Cl)cs2)no1. The minimum absolute atomic E-state index is 0.0246. The monoisotopic (exact) mass is 437 g/mol. The minimum atomic E-state index is -0.268. The summed E-state index contributed by atoms with van der Waals surface area (Å²) in [7, 11) is 0. The van der Waals surface area contributed by atoms with Crippen molar-refractivity contribution in [2.75, 3.05) is 18.1 Å². The molecule has 28 heavy (non-hydrogen) atoms. The number of thiazole rings is 1. The third-order valence-electron chi connectivity index (χ3n) is 4.43. The molecule has 3 aromatic rings. The molecule has 0 bridgehead atoms. The van der Waals surface area contributed by atoms with Crippen LogP contribution >= 0.6 is 34.5 Å². The highest BCUT2D eigenvalue weighted by Crippen LogP contribution is 2.34. The molecular weight excluding hydrogens is 421 g/mol. The number of aryl methyl sites for hydroxylation is 1. The maximum absolute atomic E-state index is 13.1. The molecule has 0 spiro atoms. The largest absolute Gasteiger partial charge is 0.376 e. The van der Waals surface area contributed by atoms with E-state index in [1.807, 2.05) is 11.4 Å². The summed E-state index contributed by atoms with van der Waals surface area (Å²) in [6, 6.07) is 6.87. The number of aromatic nitrogens is 2. The fraction of sp³-hybridized carbons (Fsp3) is 0.316. The van der Waals surface area contributed by atoms with Crippen molar-refractivity contribution < 1.29 is 14.1 Å². The standard InChI is InChI=1S/C19H17Cl2N3O3S/c1-11-7-16(23-27-11)18(25)24(9-13-3-2-6-26-13)19-22-17(10-28-19)14-5-4-12(20)8-15(14)21/h4-5,7-8,10,13H,2-3,6,9H2,1H3. The number of amides is 1. The van der Waals surface area contributed by atoms with E-state index in [9.17, 15) is 4.79 Å². The number of hydrogen-bond acceptors (Lipinski definition) is 6. The molecule has 4 rings (SSSR count). The second kappa shape index (κ2) is 8.21. The van der Waals surface area contributed by atoms with E-state index < -0.39 is 0 Å². The van der Waals surface area contributed by atoms with Crippen molar-refractivity contribution in [1.82, 2.24) is 10.1 Å². The van der Waals surface area contributed by atoms with Crippen LogP contribution in [0.1, 0.15) is 29.1 Å². The first kappa shape index (κ1) is 19.4. The molecule has 1 saturated heterocycles. The third kappa shape index (κ3) is 4.07. The fourth-order valence-corrected chi connectivity index (χ4v) is 4.39. The molecule has 146 valence electrons. The topological polar surface area (TPSA) is 68.5 Å². The minimum Gasteiger partial charge on any atom is -0.376 e. The molecule has 1 aliphatic heterocycles. The second-order valence-corrected chi connectivity index (χ2v) is 8.19. The van der Waals surface area contributed by atoms with Gasteiger partial charge in [-0.25, -0.2) is 4.98 Å². The second-order valence-electron chi connectivity index (χ2n) is 6.51. The number of carbonyl (C=O) groups is 1. The van der Waals surface area contributed by atoms with E-state index in [2.05, 4.69) is 10.1 Å². The number of anilines is 1. The average Bonchev–Trinajstić information content (AvgIpc) is 3.41. The number of hydrogen-bond donors (Lipinski definition) is 0. The van der Waals surface area contributed by atoms with E-state index in [1.54, 1.807) is 30.0 Å². The number of nitrogens with zero attached hydrogens (tertiary/aromatic N) is 3. The van der Waals surface area contributed by atoms with Gasteiger partial charge in [0.2, 0.25) is 0 Å². The molecule has 0 aliphatic carbocycles. The summed E-state index contributed by atoms with van der Waals surface area (Å²) in [5, 5.41) is 7.35. The molecule has 0 radical (unpaired) electrons. The van der Waals surface area contributed by atoms with E-state index in [0.29, 0.717) is 39.8 Å². The highest BCUT2D eigenvalue weighted by atomic mass is 35.5. The number of ether oxygens (including phenoxy) is 1. The summed E-state index contributed by atoms with van der Waals surface area (Å²) in [6.07, 6.45) is 1.87. The summed E-state index contributed by atoms with van der Waals surface area (Å²) >= 11 is 13.7. The van der Waals surface area contributed by atoms with Crippen molar-refractivity contribution in [2.24, 2.45) is 0 Å². The average molecular weight is 438 g/mol. The van der Waals surface area contributed by atoms with Crippen molar-refractivity contribution >= 4 is 45.6 Å². The normalized spacial score (nSPS) is 16.5. The van der Waals surface area contributed by atoms with Crippen molar-refractivity contribution in [3.05, 3.63) is 51.1 Å². The van der Waals surface area contributed by atoms with Gasteiger partial charge in [0.15, 0.2) is 10.8 Å². The van der Waals surface area contributed by atoms with Crippen LogP contribution in [0.2, 0.25) is 10.0 Å². The van der Waals surface area contributed by atoms with Gasteiger partial charge < -0.3 is 9.26 Å². The van der Waals surface area contributed by atoms with Gasteiger partial charge in [0.05, 0.1) is 23.4 Å². The number of benzene rings is 1. The molecule has 1 atom stereocenters. The molecule has 1 amide bonds. The van der Waals surface area contributed by atoms with Gasteiger partial charge in [0, 0.05) is 28.6 Å². The Kier molecular flexibility index (Phi) is 5.68. The first-order valence-electron chi connectivity index (χ1n) is 8.79. The summed E-state index contributed by atoms with van der Waals surface area (Å²) in [5.41, 5.74) is 1.69. The smallest absolute Gasteiger partial charge is 0.282 e. The van der Waals surface area contributed by atoms with Gasteiger partial charge in [-0.05, 0) is 38.0 Å². The Bertz CT molecular complexity index is 998. The fourth-order valence-electron chi connectivity index (χ4n) is 3.05. The van der Waals surface area contributed by atoms with Gasteiger partial charge in [0.1, 0.15) is 5.76 Å². The molecule has 1 unspecified atom stereocenters. The summed E-state index contributed by atoms with van der Waals surface area (Å²) in [5.74, 6) is 0.309. The summed E-state index contributed by atoms with van der Waals surface area (Å²) in [6.45, 7) is 2.86. The van der Waals surface area contributed by atoms with Crippen LogP contribution in [0.5, 0.6) is 0 Å². The van der Waals surface area contributed by atoms with E-state index >= 15 is 0 Å². The van der Waals surface area contributed by atoms with Crippen LogP contribution in [0.25, 0.3) is 11.3 Å². The van der Waals surface area contributed by atoms with E-state index in [1.165, 1.54) is 11.3 Å². The number of halogens is 2. The van der Waals surface area contributed by atoms with Crippen molar-refractivity contribution in [3.63, 3.8) is 0 Å². The highest BCUT2D eigenvalue weighted by molar-refractivity contribution is 7.14. The molecule has 0 saturated carbocycles.